The monoisotopic (exact) mass is 225 g/mol. The summed E-state index contributed by atoms with van der Waals surface area (Å²) in [5, 5.41) is 12.0. The Hall–Kier alpha value is -0.380. The Balaban J connectivity index is 1.97. The number of nitrogens with zero attached hydrogens (tertiary/aromatic N) is 1. The number of hydrogen-bond acceptors (Lipinski definition) is 3. The smallest absolute Gasteiger partial charge is 0.0695 e. The zero-order valence-corrected chi connectivity index (χ0v) is 10.0. The Labute approximate surface area is 95.5 Å². The molecule has 1 fully saturated rings. The molecular formula is C12H19NOS. The van der Waals surface area contributed by atoms with E-state index in [2.05, 4.69) is 29.3 Å². The van der Waals surface area contributed by atoms with Crippen LogP contribution in [0.25, 0.3) is 0 Å². The summed E-state index contributed by atoms with van der Waals surface area (Å²) in [6.07, 6.45) is 3.20. The van der Waals surface area contributed by atoms with E-state index < -0.39 is 0 Å². The fourth-order valence-corrected chi connectivity index (χ4v) is 3.14. The predicted octanol–water partition coefficient (Wildman–Crippen LogP) is 2.48. The number of aliphatic hydroxyl groups excluding tert-OH is 1. The van der Waals surface area contributed by atoms with Gasteiger partial charge in [-0.15, -0.1) is 11.3 Å². The summed E-state index contributed by atoms with van der Waals surface area (Å²) in [6, 6.07) is 4.66. The highest BCUT2D eigenvalue weighted by Gasteiger charge is 2.29. The van der Waals surface area contributed by atoms with Gasteiger partial charge in [-0.2, -0.15) is 0 Å². The van der Waals surface area contributed by atoms with Crippen LogP contribution in [0.15, 0.2) is 17.5 Å². The molecule has 0 saturated heterocycles. The molecule has 2 nitrogen and oxygen atoms in total. The van der Waals surface area contributed by atoms with Crippen LogP contribution in [0.2, 0.25) is 0 Å². The molecule has 0 bridgehead atoms. The van der Waals surface area contributed by atoms with E-state index >= 15 is 0 Å². The molecule has 1 aromatic heterocycles. The van der Waals surface area contributed by atoms with Gasteiger partial charge in [-0.1, -0.05) is 13.0 Å². The minimum Gasteiger partial charge on any atom is -0.391 e. The molecule has 0 aliphatic heterocycles. The van der Waals surface area contributed by atoms with Gasteiger partial charge in [0.25, 0.3) is 0 Å². The van der Waals surface area contributed by atoms with Crippen LogP contribution in [0.4, 0.5) is 0 Å². The summed E-state index contributed by atoms with van der Waals surface area (Å²) in [5.74, 6) is 0. The van der Waals surface area contributed by atoms with Gasteiger partial charge in [-0.05, 0) is 37.3 Å². The largest absolute Gasteiger partial charge is 0.391 e. The molecular weight excluding hydrogens is 206 g/mol. The van der Waals surface area contributed by atoms with Gasteiger partial charge in [0.1, 0.15) is 0 Å². The highest BCUT2D eigenvalue weighted by molar-refractivity contribution is 7.09. The lowest BCUT2D eigenvalue weighted by Crippen LogP contribution is -2.39. The second-order valence-electron chi connectivity index (χ2n) is 4.21. The Bertz CT molecular complexity index is 286. The summed E-state index contributed by atoms with van der Waals surface area (Å²) in [4.78, 5) is 3.81. The third-order valence-corrected chi connectivity index (χ3v) is 4.12. The van der Waals surface area contributed by atoms with Crippen LogP contribution in [0, 0.1) is 0 Å². The molecule has 2 rings (SSSR count). The number of rotatable bonds is 4. The van der Waals surface area contributed by atoms with E-state index in [1.165, 1.54) is 11.3 Å². The number of thiophene rings is 1. The highest BCUT2D eigenvalue weighted by Crippen LogP contribution is 2.26. The van der Waals surface area contributed by atoms with Crippen LogP contribution < -0.4 is 0 Å². The van der Waals surface area contributed by atoms with Gasteiger partial charge in [-0.25, -0.2) is 0 Å². The minimum atomic E-state index is -0.107. The highest BCUT2D eigenvalue weighted by atomic mass is 32.1. The molecule has 15 heavy (non-hydrogen) atoms. The topological polar surface area (TPSA) is 23.5 Å². The summed E-state index contributed by atoms with van der Waals surface area (Å²) >= 11 is 1.80. The van der Waals surface area contributed by atoms with Gasteiger partial charge >= 0.3 is 0 Å². The molecule has 3 heteroatoms. The van der Waals surface area contributed by atoms with Gasteiger partial charge in [0.15, 0.2) is 0 Å². The zero-order chi connectivity index (χ0) is 10.7. The zero-order valence-electron chi connectivity index (χ0n) is 9.22. The summed E-state index contributed by atoms with van der Waals surface area (Å²) in [5.41, 5.74) is 0. The maximum Gasteiger partial charge on any atom is 0.0695 e. The summed E-state index contributed by atoms with van der Waals surface area (Å²) in [6.45, 7) is 4.20. The normalized spacial score (nSPS) is 26.3. The summed E-state index contributed by atoms with van der Waals surface area (Å²) in [7, 11) is 0. The van der Waals surface area contributed by atoms with Crippen molar-refractivity contribution in [1.82, 2.24) is 4.90 Å². The standard InChI is InChI=1S/C12H19NOS/c1-2-13(9-10-5-4-8-15-10)11-6-3-7-12(11)14/h4-5,8,11-12,14H,2-3,6-7,9H2,1H3/t11-,12-/m1/s1. The Morgan fingerprint density at radius 1 is 1.53 bits per heavy atom. The van der Waals surface area contributed by atoms with Crippen LogP contribution in [-0.4, -0.2) is 28.7 Å². The first kappa shape index (κ1) is 11.1. The number of aliphatic hydroxyl groups is 1. The van der Waals surface area contributed by atoms with Gasteiger partial charge in [0, 0.05) is 17.5 Å². The molecule has 1 aliphatic rings. The van der Waals surface area contributed by atoms with Crippen LogP contribution in [0.3, 0.4) is 0 Å². The SMILES string of the molecule is CCN(Cc1cccs1)[C@@H]1CCC[C@H]1O. The van der Waals surface area contributed by atoms with Crippen molar-refractivity contribution in [3.63, 3.8) is 0 Å². The molecule has 0 spiro atoms. The van der Waals surface area contributed by atoms with E-state index in [4.69, 9.17) is 0 Å². The fourth-order valence-electron chi connectivity index (χ4n) is 2.41. The van der Waals surface area contributed by atoms with Crippen LogP contribution >= 0.6 is 11.3 Å². The molecule has 0 aromatic carbocycles. The van der Waals surface area contributed by atoms with Gasteiger partial charge in [0.05, 0.1) is 6.10 Å². The van der Waals surface area contributed by atoms with Crippen molar-refractivity contribution >= 4 is 11.3 Å². The molecule has 1 saturated carbocycles. The third kappa shape index (κ3) is 2.60. The molecule has 1 heterocycles. The van der Waals surface area contributed by atoms with Crippen molar-refractivity contribution in [1.29, 1.82) is 0 Å². The summed E-state index contributed by atoms with van der Waals surface area (Å²) < 4.78 is 0. The molecule has 0 unspecified atom stereocenters. The van der Waals surface area contributed by atoms with Gasteiger partial charge < -0.3 is 5.11 Å². The second-order valence-corrected chi connectivity index (χ2v) is 5.24. The first-order valence-corrected chi connectivity index (χ1v) is 6.63. The van der Waals surface area contributed by atoms with Crippen molar-refractivity contribution in [2.75, 3.05) is 6.54 Å². The van der Waals surface area contributed by atoms with E-state index in [0.29, 0.717) is 6.04 Å². The van der Waals surface area contributed by atoms with Crippen molar-refractivity contribution in [2.45, 2.75) is 44.9 Å². The maximum absolute atomic E-state index is 9.88. The van der Waals surface area contributed by atoms with Crippen molar-refractivity contribution < 1.29 is 5.11 Å². The first-order chi connectivity index (χ1) is 7.31. The Morgan fingerprint density at radius 3 is 2.93 bits per heavy atom. The van der Waals surface area contributed by atoms with E-state index in [1.807, 2.05) is 0 Å². The van der Waals surface area contributed by atoms with Crippen molar-refractivity contribution in [3.8, 4) is 0 Å². The number of likely N-dealkylation sites (N-methyl/N-ethyl adjacent to an activating group) is 1. The van der Waals surface area contributed by atoms with Crippen molar-refractivity contribution in [2.24, 2.45) is 0 Å². The van der Waals surface area contributed by atoms with Crippen molar-refractivity contribution in [3.05, 3.63) is 22.4 Å². The lowest BCUT2D eigenvalue weighted by atomic mass is 10.1. The predicted molar refractivity (Wildman–Crippen MR) is 64.0 cm³/mol. The van der Waals surface area contributed by atoms with E-state index in [1.54, 1.807) is 11.3 Å². The first-order valence-electron chi connectivity index (χ1n) is 5.75. The lowest BCUT2D eigenvalue weighted by molar-refractivity contribution is 0.0699. The van der Waals surface area contributed by atoms with E-state index in [9.17, 15) is 5.11 Å². The molecule has 0 radical (unpaired) electrons. The lowest BCUT2D eigenvalue weighted by Gasteiger charge is -2.29. The Morgan fingerprint density at radius 2 is 2.40 bits per heavy atom. The Kier molecular flexibility index (Phi) is 3.78. The van der Waals surface area contributed by atoms with Crippen LogP contribution in [-0.2, 0) is 6.54 Å². The average molecular weight is 225 g/mol. The second kappa shape index (κ2) is 5.10. The molecule has 1 N–H and O–H groups in total. The molecule has 0 amide bonds. The minimum absolute atomic E-state index is 0.107. The van der Waals surface area contributed by atoms with Crippen LogP contribution in [0.5, 0.6) is 0 Å². The average Bonchev–Trinajstić information content (AvgIpc) is 2.85. The van der Waals surface area contributed by atoms with E-state index in [-0.39, 0.29) is 6.10 Å². The molecule has 1 aliphatic carbocycles. The van der Waals surface area contributed by atoms with Gasteiger partial charge in [0.2, 0.25) is 0 Å². The molecule has 2 atom stereocenters. The number of hydrogen-bond donors (Lipinski definition) is 1. The fraction of sp³-hybridized carbons (Fsp3) is 0.667. The third-order valence-electron chi connectivity index (χ3n) is 3.26. The van der Waals surface area contributed by atoms with Gasteiger partial charge in [-0.3, -0.25) is 4.90 Å². The van der Waals surface area contributed by atoms with E-state index in [0.717, 1.165) is 25.9 Å². The molecule has 84 valence electrons. The quantitative estimate of drug-likeness (QED) is 0.851. The molecule has 1 aromatic rings. The van der Waals surface area contributed by atoms with Crippen LogP contribution in [0.1, 0.15) is 31.1 Å². The maximum atomic E-state index is 9.88.